The number of aryl methyl sites for hydroxylation is 1. The van der Waals surface area contributed by atoms with Crippen LogP contribution in [0.15, 0.2) is 6.07 Å². The van der Waals surface area contributed by atoms with E-state index in [4.69, 9.17) is 0 Å². The average Bonchev–Trinajstić information content (AvgIpc) is 2.44. The van der Waals surface area contributed by atoms with Crippen LogP contribution in [0, 0.1) is 6.92 Å². The van der Waals surface area contributed by atoms with Crippen molar-refractivity contribution >= 4 is 11.7 Å². The molecule has 1 aromatic rings. The van der Waals surface area contributed by atoms with Crippen molar-refractivity contribution in [3.63, 3.8) is 0 Å². The molecule has 1 heterocycles. The van der Waals surface area contributed by atoms with Gasteiger partial charge in [0.1, 0.15) is 5.82 Å². The third-order valence-corrected chi connectivity index (χ3v) is 1.97. The molecule has 0 aliphatic heterocycles. The molecule has 0 saturated carbocycles. The normalized spacial score (nSPS) is 12.6. The summed E-state index contributed by atoms with van der Waals surface area (Å²) in [6.45, 7) is 6.99. The minimum absolute atomic E-state index is 0.0392. The number of hydrogen-bond donors (Lipinski definition) is 1. The molecule has 0 aromatic carbocycles. The molecule has 1 aromatic heterocycles. The van der Waals surface area contributed by atoms with Gasteiger partial charge < -0.3 is 5.32 Å². The third-order valence-electron chi connectivity index (χ3n) is 1.97. The van der Waals surface area contributed by atoms with Crippen LogP contribution in [-0.4, -0.2) is 21.9 Å². The van der Waals surface area contributed by atoms with Crippen LogP contribution >= 0.6 is 0 Å². The number of halogens is 3. The van der Waals surface area contributed by atoms with E-state index < -0.39 is 17.6 Å². The third kappa shape index (κ3) is 3.21. The van der Waals surface area contributed by atoms with Crippen LogP contribution in [0.4, 0.5) is 19.0 Å². The highest BCUT2D eigenvalue weighted by Gasteiger charge is 2.39. The highest BCUT2D eigenvalue weighted by molar-refractivity contribution is 5.94. The second-order valence-corrected chi connectivity index (χ2v) is 4.71. The molecule has 7 heteroatoms. The van der Waals surface area contributed by atoms with Crippen molar-refractivity contribution in [3.05, 3.63) is 11.8 Å². The first-order chi connectivity index (χ1) is 7.51. The fourth-order valence-corrected chi connectivity index (χ4v) is 1.29. The molecule has 0 radical (unpaired) electrons. The van der Waals surface area contributed by atoms with Crippen molar-refractivity contribution in [2.24, 2.45) is 0 Å². The van der Waals surface area contributed by atoms with E-state index in [-0.39, 0.29) is 5.82 Å². The van der Waals surface area contributed by atoms with E-state index in [2.05, 4.69) is 5.10 Å². The molecule has 96 valence electrons. The van der Waals surface area contributed by atoms with Crippen LogP contribution in [-0.2, 0) is 10.3 Å². The molecule has 0 saturated heterocycles. The Morgan fingerprint density at radius 1 is 1.35 bits per heavy atom. The molecular formula is C10H14F3N3O. The molecule has 1 N–H and O–H groups in total. The number of nitrogens with zero attached hydrogens (tertiary/aromatic N) is 2. The van der Waals surface area contributed by atoms with Crippen LogP contribution in [0.25, 0.3) is 0 Å². The van der Waals surface area contributed by atoms with E-state index >= 15 is 0 Å². The highest BCUT2D eigenvalue weighted by atomic mass is 19.4. The lowest BCUT2D eigenvalue weighted by Crippen LogP contribution is -2.33. The van der Waals surface area contributed by atoms with Gasteiger partial charge in [-0.25, -0.2) is 4.68 Å². The van der Waals surface area contributed by atoms with Crippen molar-refractivity contribution in [2.75, 3.05) is 5.32 Å². The molecule has 0 spiro atoms. The Bertz CT molecular complexity index is 429. The number of hydrogen-bond acceptors (Lipinski definition) is 2. The second kappa shape index (κ2) is 4.05. The summed E-state index contributed by atoms with van der Waals surface area (Å²) in [4.78, 5) is 10.8. The van der Waals surface area contributed by atoms with Crippen molar-refractivity contribution in [3.8, 4) is 0 Å². The smallest absolute Gasteiger partial charge is 0.303 e. The number of nitrogens with one attached hydrogen (secondary N) is 1. The molecule has 0 fully saturated rings. The summed E-state index contributed by atoms with van der Waals surface area (Å²) in [6.07, 6.45) is -4.90. The largest absolute Gasteiger partial charge is 0.471 e. The van der Waals surface area contributed by atoms with Crippen LogP contribution in [0.2, 0.25) is 0 Å². The zero-order chi connectivity index (χ0) is 13.4. The van der Waals surface area contributed by atoms with E-state index in [0.717, 1.165) is 0 Å². The van der Waals surface area contributed by atoms with Crippen LogP contribution in [0.3, 0.4) is 0 Å². The average molecular weight is 249 g/mol. The van der Waals surface area contributed by atoms with E-state index in [0.29, 0.717) is 5.69 Å². The van der Waals surface area contributed by atoms with Gasteiger partial charge in [-0.2, -0.15) is 18.3 Å². The zero-order valence-corrected chi connectivity index (χ0v) is 10.0. The number of carbonyl (C=O) groups is 1. The lowest BCUT2D eigenvalue weighted by atomic mass is 10.1. The molecule has 0 aliphatic carbocycles. The Balaban J connectivity index is 3.04. The summed E-state index contributed by atoms with van der Waals surface area (Å²) >= 11 is 0. The van der Waals surface area contributed by atoms with E-state index in [1.807, 2.05) is 5.32 Å². The van der Waals surface area contributed by atoms with Crippen molar-refractivity contribution in [1.82, 2.24) is 9.78 Å². The van der Waals surface area contributed by atoms with Gasteiger partial charge in [0.2, 0.25) is 0 Å². The molecular weight excluding hydrogens is 235 g/mol. The lowest BCUT2D eigenvalue weighted by Gasteiger charge is -2.22. The van der Waals surface area contributed by atoms with Gasteiger partial charge in [0.15, 0.2) is 0 Å². The zero-order valence-electron chi connectivity index (χ0n) is 10.0. The molecule has 0 atom stereocenters. The standard InChI is InChI=1S/C10H14F3N3O/c1-6-5-7(14-8(17)10(11,12)13)16(15-6)9(2,3)4/h5H,1-4H3,(H,14,17). The first kappa shape index (κ1) is 13.5. The predicted molar refractivity (Wildman–Crippen MR) is 56.6 cm³/mol. The highest BCUT2D eigenvalue weighted by Crippen LogP contribution is 2.23. The number of amides is 1. The van der Waals surface area contributed by atoms with Gasteiger partial charge in [-0.05, 0) is 27.7 Å². The Kier molecular flexibility index (Phi) is 3.22. The minimum Gasteiger partial charge on any atom is -0.303 e. The summed E-state index contributed by atoms with van der Waals surface area (Å²) in [7, 11) is 0. The SMILES string of the molecule is Cc1cc(NC(=O)C(F)(F)F)n(C(C)(C)C)n1. The van der Waals surface area contributed by atoms with Gasteiger partial charge >= 0.3 is 12.1 Å². The van der Waals surface area contributed by atoms with Crippen molar-refractivity contribution < 1.29 is 18.0 Å². The Labute approximate surface area is 96.8 Å². The number of carbonyl (C=O) groups excluding carboxylic acids is 1. The summed E-state index contributed by atoms with van der Waals surface area (Å²) in [5.74, 6) is -1.96. The molecule has 17 heavy (non-hydrogen) atoms. The quantitative estimate of drug-likeness (QED) is 0.831. The maximum atomic E-state index is 12.1. The van der Waals surface area contributed by atoms with Crippen molar-refractivity contribution in [1.29, 1.82) is 0 Å². The molecule has 4 nitrogen and oxygen atoms in total. The lowest BCUT2D eigenvalue weighted by molar-refractivity contribution is -0.167. The summed E-state index contributed by atoms with van der Waals surface area (Å²) < 4.78 is 37.7. The molecule has 1 amide bonds. The van der Waals surface area contributed by atoms with E-state index in [1.54, 1.807) is 27.7 Å². The van der Waals surface area contributed by atoms with Gasteiger partial charge in [0, 0.05) is 6.07 Å². The minimum atomic E-state index is -4.90. The van der Waals surface area contributed by atoms with Gasteiger partial charge in [-0.3, -0.25) is 4.79 Å². The second-order valence-electron chi connectivity index (χ2n) is 4.71. The van der Waals surface area contributed by atoms with Gasteiger partial charge in [-0.1, -0.05) is 0 Å². The van der Waals surface area contributed by atoms with Gasteiger partial charge in [0.25, 0.3) is 0 Å². The van der Waals surface area contributed by atoms with Gasteiger partial charge in [-0.15, -0.1) is 0 Å². The summed E-state index contributed by atoms with van der Waals surface area (Å²) in [6, 6.07) is 1.40. The molecule has 0 aliphatic rings. The monoisotopic (exact) mass is 249 g/mol. The molecule has 1 rings (SSSR count). The van der Waals surface area contributed by atoms with Crippen LogP contribution in [0.1, 0.15) is 26.5 Å². The number of rotatable bonds is 1. The van der Waals surface area contributed by atoms with E-state index in [1.165, 1.54) is 10.7 Å². The number of aromatic nitrogens is 2. The summed E-state index contributed by atoms with van der Waals surface area (Å²) in [5, 5.41) is 5.87. The summed E-state index contributed by atoms with van der Waals surface area (Å²) in [5.41, 5.74) is 0.0278. The first-order valence-electron chi connectivity index (χ1n) is 4.97. The van der Waals surface area contributed by atoms with Crippen LogP contribution in [0.5, 0.6) is 0 Å². The predicted octanol–water partition coefficient (Wildman–Crippen LogP) is 2.45. The topological polar surface area (TPSA) is 46.9 Å². The Morgan fingerprint density at radius 2 is 1.88 bits per heavy atom. The Hall–Kier alpha value is -1.53. The van der Waals surface area contributed by atoms with Gasteiger partial charge in [0.05, 0.1) is 11.2 Å². The van der Waals surface area contributed by atoms with Crippen molar-refractivity contribution in [2.45, 2.75) is 39.4 Å². The fourth-order valence-electron chi connectivity index (χ4n) is 1.29. The Morgan fingerprint density at radius 3 is 2.29 bits per heavy atom. The maximum Gasteiger partial charge on any atom is 0.471 e. The molecule has 0 unspecified atom stereocenters. The molecule has 0 bridgehead atoms. The number of alkyl halides is 3. The maximum absolute atomic E-state index is 12.1. The van der Waals surface area contributed by atoms with Crippen LogP contribution < -0.4 is 5.32 Å². The fraction of sp³-hybridized carbons (Fsp3) is 0.600. The number of anilines is 1. The van der Waals surface area contributed by atoms with E-state index in [9.17, 15) is 18.0 Å². The first-order valence-corrected chi connectivity index (χ1v) is 4.97.